The molecule has 0 radical (unpaired) electrons. The average molecular weight is 254 g/mol. The molecular formula is C16H18N2O. The molecule has 1 atom stereocenters. The third kappa shape index (κ3) is 2.67. The molecule has 0 fully saturated rings. The first-order valence-corrected chi connectivity index (χ1v) is 6.64. The molecular weight excluding hydrogens is 236 g/mol. The van der Waals surface area contributed by atoms with E-state index in [1.807, 2.05) is 19.2 Å². The lowest BCUT2D eigenvalue weighted by molar-refractivity contribution is 0.0816. The van der Waals surface area contributed by atoms with Crippen LogP contribution in [-0.2, 0) is 17.9 Å². The Morgan fingerprint density at radius 2 is 2.16 bits per heavy atom. The average Bonchev–Trinajstić information content (AvgIpc) is 2.46. The minimum atomic E-state index is 0.268. The maximum Gasteiger partial charge on any atom is 0.0721 e. The number of nitrogens with zero attached hydrogens (tertiary/aromatic N) is 1. The molecule has 19 heavy (non-hydrogen) atoms. The number of rotatable bonds is 3. The number of hydrogen-bond donors (Lipinski definition) is 1. The lowest BCUT2D eigenvalue weighted by Gasteiger charge is -2.26. The summed E-state index contributed by atoms with van der Waals surface area (Å²) in [6, 6.07) is 12.8. The molecule has 1 aromatic heterocycles. The van der Waals surface area contributed by atoms with Gasteiger partial charge >= 0.3 is 0 Å². The summed E-state index contributed by atoms with van der Waals surface area (Å²) in [5.74, 6) is 0. The molecule has 0 aliphatic carbocycles. The maximum atomic E-state index is 5.65. The predicted molar refractivity (Wildman–Crippen MR) is 74.7 cm³/mol. The van der Waals surface area contributed by atoms with Gasteiger partial charge in [-0.05, 0) is 29.7 Å². The Morgan fingerprint density at radius 1 is 1.26 bits per heavy atom. The number of hydrogen-bond acceptors (Lipinski definition) is 3. The molecule has 0 amide bonds. The van der Waals surface area contributed by atoms with Crippen LogP contribution in [0.4, 0.5) is 0 Å². The highest BCUT2D eigenvalue weighted by molar-refractivity contribution is 5.31. The minimum Gasteiger partial charge on any atom is -0.375 e. The van der Waals surface area contributed by atoms with Crippen molar-refractivity contribution >= 4 is 0 Å². The van der Waals surface area contributed by atoms with Gasteiger partial charge in [0.15, 0.2) is 0 Å². The Balaban J connectivity index is 1.73. The van der Waals surface area contributed by atoms with E-state index in [9.17, 15) is 0 Å². The third-order valence-corrected chi connectivity index (χ3v) is 3.63. The molecule has 0 saturated carbocycles. The van der Waals surface area contributed by atoms with Crippen LogP contribution in [0.15, 0.2) is 42.6 Å². The van der Waals surface area contributed by atoms with Gasteiger partial charge in [-0.2, -0.15) is 0 Å². The van der Waals surface area contributed by atoms with Gasteiger partial charge < -0.3 is 10.1 Å². The van der Waals surface area contributed by atoms with Crippen molar-refractivity contribution in [2.75, 3.05) is 6.61 Å². The van der Waals surface area contributed by atoms with Crippen molar-refractivity contribution in [3.63, 3.8) is 0 Å². The number of fused-ring (bicyclic) bond motifs is 1. The Kier molecular flexibility index (Phi) is 3.58. The van der Waals surface area contributed by atoms with Crippen LogP contribution < -0.4 is 5.32 Å². The van der Waals surface area contributed by atoms with E-state index < -0.39 is 0 Å². The highest BCUT2D eigenvalue weighted by Gasteiger charge is 2.19. The Labute approximate surface area is 113 Å². The van der Waals surface area contributed by atoms with Crippen molar-refractivity contribution in [2.45, 2.75) is 26.1 Å². The van der Waals surface area contributed by atoms with E-state index in [2.05, 4.69) is 40.6 Å². The molecule has 1 N–H and O–H groups in total. The Hall–Kier alpha value is -1.71. The zero-order valence-corrected chi connectivity index (χ0v) is 11.1. The number of ether oxygens (including phenoxy) is 1. The topological polar surface area (TPSA) is 34.2 Å². The van der Waals surface area contributed by atoms with Crippen LogP contribution in [0.2, 0.25) is 0 Å². The summed E-state index contributed by atoms with van der Waals surface area (Å²) in [7, 11) is 0. The lowest BCUT2D eigenvalue weighted by Crippen LogP contribution is -2.29. The number of aromatic nitrogens is 1. The van der Waals surface area contributed by atoms with Gasteiger partial charge in [0, 0.05) is 18.4 Å². The molecule has 1 unspecified atom stereocenters. The molecule has 1 aromatic carbocycles. The van der Waals surface area contributed by atoms with Crippen molar-refractivity contribution in [3.8, 4) is 0 Å². The second-order valence-electron chi connectivity index (χ2n) is 4.90. The fourth-order valence-corrected chi connectivity index (χ4v) is 2.49. The molecule has 3 heteroatoms. The summed E-state index contributed by atoms with van der Waals surface area (Å²) in [6.45, 7) is 4.32. The summed E-state index contributed by atoms with van der Waals surface area (Å²) in [5, 5.41) is 3.57. The quantitative estimate of drug-likeness (QED) is 0.914. The number of benzene rings is 1. The van der Waals surface area contributed by atoms with Crippen LogP contribution in [-0.4, -0.2) is 11.6 Å². The number of aryl methyl sites for hydroxylation is 1. The summed E-state index contributed by atoms with van der Waals surface area (Å²) in [4.78, 5) is 4.32. The van der Waals surface area contributed by atoms with E-state index in [0.717, 1.165) is 25.5 Å². The SMILES string of the molecule is Cc1ncccc1CNC1COCc2ccccc21. The van der Waals surface area contributed by atoms with Crippen LogP contribution in [0.1, 0.15) is 28.4 Å². The van der Waals surface area contributed by atoms with Gasteiger partial charge in [-0.15, -0.1) is 0 Å². The van der Waals surface area contributed by atoms with Crippen molar-refractivity contribution in [1.82, 2.24) is 10.3 Å². The van der Waals surface area contributed by atoms with Gasteiger partial charge in [0.25, 0.3) is 0 Å². The molecule has 3 nitrogen and oxygen atoms in total. The molecule has 1 aliphatic rings. The van der Waals surface area contributed by atoms with Crippen LogP contribution in [0, 0.1) is 6.92 Å². The molecule has 0 spiro atoms. The first-order valence-electron chi connectivity index (χ1n) is 6.64. The standard InChI is InChI=1S/C16H18N2O/c1-12-13(6-4-8-17-12)9-18-16-11-19-10-14-5-2-3-7-15(14)16/h2-8,16,18H,9-11H2,1H3. The highest BCUT2D eigenvalue weighted by Crippen LogP contribution is 2.24. The van der Waals surface area contributed by atoms with E-state index in [1.54, 1.807) is 0 Å². The van der Waals surface area contributed by atoms with Gasteiger partial charge in [0.05, 0.1) is 19.3 Å². The van der Waals surface area contributed by atoms with Crippen molar-refractivity contribution in [1.29, 1.82) is 0 Å². The third-order valence-electron chi connectivity index (χ3n) is 3.63. The van der Waals surface area contributed by atoms with E-state index >= 15 is 0 Å². The zero-order chi connectivity index (χ0) is 13.1. The highest BCUT2D eigenvalue weighted by atomic mass is 16.5. The van der Waals surface area contributed by atoms with Crippen LogP contribution in [0.3, 0.4) is 0 Å². The predicted octanol–water partition coefficient (Wildman–Crippen LogP) is 2.75. The van der Waals surface area contributed by atoms with Crippen LogP contribution >= 0.6 is 0 Å². The van der Waals surface area contributed by atoms with Gasteiger partial charge in [-0.3, -0.25) is 4.98 Å². The summed E-state index contributed by atoms with van der Waals surface area (Å²) < 4.78 is 5.65. The lowest BCUT2D eigenvalue weighted by atomic mass is 9.99. The molecule has 2 heterocycles. The van der Waals surface area contributed by atoms with Crippen molar-refractivity contribution < 1.29 is 4.74 Å². The smallest absolute Gasteiger partial charge is 0.0721 e. The molecule has 0 bridgehead atoms. The molecule has 98 valence electrons. The Bertz CT molecular complexity index is 568. The van der Waals surface area contributed by atoms with E-state index in [-0.39, 0.29) is 6.04 Å². The van der Waals surface area contributed by atoms with Gasteiger partial charge in [0.2, 0.25) is 0 Å². The fourth-order valence-electron chi connectivity index (χ4n) is 2.49. The second kappa shape index (κ2) is 5.51. The van der Waals surface area contributed by atoms with Crippen molar-refractivity contribution in [3.05, 3.63) is 65.0 Å². The summed E-state index contributed by atoms with van der Waals surface area (Å²) in [5.41, 5.74) is 4.97. The monoisotopic (exact) mass is 254 g/mol. The van der Waals surface area contributed by atoms with Crippen LogP contribution in [0.5, 0.6) is 0 Å². The van der Waals surface area contributed by atoms with E-state index in [1.165, 1.54) is 16.7 Å². The zero-order valence-electron chi connectivity index (χ0n) is 11.1. The Morgan fingerprint density at radius 3 is 3.05 bits per heavy atom. The number of nitrogens with one attached hydrogen (secondary N) is 1. The first-order chi connectivity index (χ1) is 9.34. The second-order valence-corrected chi connectivity index (χ2v) is 4.90. The maximum absolute atomic E-state index is 5.65. The molecule has 3 rings (SSSR count). The summed E-state index contributed by atoms with van der Waals surface area (Å²) in [6.07, 6.45) is 1.83. The fraction of sp³-hybridized carbons (Fsp3) is 0.312. The normalized spacial score (nSPS) is 18.1. The van der Waals surface area contributed by atoms with Gasteiger partial charge in [-0.25, -0.2) is 0 Å². The van der Waals surface area contributed by atoms with Gasteiger partial charge in [0.1, 0.15) is 0 Å². The van der Waals surface area contributed by atoms with Gasteiger partial charge in [-0.1, -0.05) is 30.3 Å². The summed E-state index contributed by atoms with van der Waals surface area (Å²) >= 11 is 0. The molecule has 2 aromatic rings. The van der Waals surface area contributed by atoms with E-state index in [4.69, 9.17) is 4.74 Å². The van der Waals surface area contributed by atoms with E-state index in [0.29, 0.717) is 0 Å². The minimum absolute atomic E-state index is 0.268. The largest absolute Gasteiger partial charge is 0.375 e. The molecule has 1 aliphatic heterocycles. The van der Waals surface area contributed by atoms with Crippen molar-refractivity contribution in [2.24, 2.45) is 0 Å². The molecule has 0 saturated heterocycles. The number of pyridine rings is 1. The van der Waals surface area contributed by atoms with Crippen LogP contribution in [0.25, 0.3) is 0 Å². The first kappa shape index (κ1) is 12.3.